The Bertz CT molecular complexity index is 335. The number of aliphatic hydroxyl groups is 1. The normalized spacial score (nSPS) is 19.4. The lowest BCUT2D eigenvalue weighted by Crippen LogP contribution is -2.42. The lowest BCUT2D eigenvalue weighted by molar-refractivity contribution is 0.0531. The first kappa shape index (κ1) is 11.6. The van der Waals surface area contributed by atoms with Gasteiger partial charge in [0, 0.05) is 12.6 Å². The van der Waals surface area contributed by atoms with Crippen LogP contribution in [0.25, 0.3) is 0 Å². The van der Waals surface area contributed by atoms with Crippen molar-refractivity contribution >= 4 is 0 Å². The van der Waals surface area contributed by atoms with Crippen molar-refractivity contribution in [1.82, 2.24) is 5.32 Å². The predicted octanol–water partition coefficient (Wildman–Crippen LogP) is 1.90. The van der Waals surface area contributed by atoms with Gasteiger partial charge in [-0.05, 0) is 37.3 Å². The van der Waals surface area contributed by atoms with Crippen LogP contribution in [-0.2, 0) is 12.8 Å². The molecule has 0 saturated carbocycles. The molecule has 1 atom stereocenters. The van der Waals surface area contributed by atoms with Gasteiger partial charge in [0.05, 0.1) is 5.60 Å². The highest BCUT2D eigenvalue weighted by Gasteiger charge is 2.24. The zero-order valence-corrected chi connectivity index (χ0v) is 10.2. The third-order valence-electron chi connectivity index (χ3n) is 3.58. The lowest BCUT2D eigenvalue weighted by Gasteiger charge is -2.24. The van der Waals surface area contributed by atoms with Crippen LogP contribution in [0.15, 0.2) is 24.3 Å². The van der Waals surface area contributed by atoms with Gasteiger partial charge in [-0.25, -0.2) is 0 Å². The molecule has 0 spiro atoms. The molecule has 2 rings (SSSR count). The van der Waals surface area contributed by atoms with Crippen molar-refractivity contribution in [1.29, 1.82) is 0 Å². The molecule has 0 bridgehead atoms. The van der Waals surface area contributed by atoms with Crippen LogP contribution in [0.4, 0.5) is 0 Å². The van der Waals surface area contributed by atoms with E-state index >= 15 is 0 Å². The highest BCUT2D eigenvalue weighted by molar-refractivity contribution is 5.33. The molecule has 1 aliphatic carbocycles. The minimum absolute atomic E-state index is 0.496. The largest absolute Gasteiger partial charge is 0.389 e. The first-order valence-corrected chi connectivity index (χ1v) is 6.13. The van der Waals surface area contributed by atoms with E-state index in [9.17, 15) is 5.11 Å². The fourth-order valence-corrected chi connectivity index (χ4v) is 2.19. The van der Waals surface area contributed by atoms with Gasteiger partial charge in [-0.15, -0.1) is 0 Å². The monoisotopic (exact) mass is 219 g/mol. The van der Waals surface area contributed by atoms with E-state index in [-0.39, 0.29) is 0 Å². The molecule has 1 aromatic rings. The first-order chi connectivity index (χ1) is 7.61. The van der Waals surface area contributed by atoms with Crippen molar-refractivity contribution in [2.45, 2.75) is 44.8 Å². The molecule has 16 heavy (non-hydrogen) atoms. The van der Waals surface area contributed by atoms with E-state index in [2.05, 4.69) is 29.6 Å². The van der Waals surface area contributed by atoms with Crippen LogP contribution >= 0.6 is 0 Å². The molecule has 0 aromatic heterocycles. The fraction of sp³-hybridized carbons (Fsp3) is 0.571. The number of nitrogens with one attached hydrogen (secondary N) is 1. The number of hydrogen-bond donors (Lipinski definition) is 2. The van der Waals surface area contributed by atoms with Crippen molar-refractivity contribution in [3.8, 4) is 0 Å². The zero-order chi connectivity index (χ0) is 11.6. The third-order valence-corrected chi connectivity index (χ3v) is 3.58. The predicted molar refractivity (Wildman–Crippen MR) is 66.6 cm³/mol. The number of rotatable bonds is 4. The number of benzene rings is 1. The van der Waals surface area contributed by atoms with E-state index in [1.165, 1.54) is 11.1 Å². The van der Waals surface area contributed by atoms with Gasteiger partial charge < -0.3 is 10.4 Å². The van der Waals surface area contributed by atoms with Gasteiger partial charge in [0.1, 0.15) is 0 Å². The molecule has 1 aromatic carbocycles. The molecule has 0 aliphatic heterocycles. The van der Waals surface area contributed by atoms with E-state index < -0.39 is 5.60 Å². The summed E-state index contributed by atoms with van der Waals surface area (Å²) in [6.45, 7) is 4.59. The maximum absolute atomic E-state index is 9.94. The molecular weight excluding hydrogens is 198 g/mol. The average molecular weight is 219 g/mol. The molecule has 2 heteroatoms. The molecule has 0 fully saturated rings. The summed E-state index contributed by atoms with van der Waals surface area (Å²) in [7, 11) is 0. The summed E-state index contributed by atoms with van der Waals surface area (Å²) in [5.41, 5.74) is 2.33. The Morgan fingerprint density at radius 3 is 2.38 bits per heavy atom. The Hall–Kier alpha value is -0.860. The minimum Gasteiger partial charge on any atom is -0.389 e. The van der Waals surface area contributed by atoms with Crippen LogP contribution in [0.1, 0.15) is 31.4 Å². The minimum atomic E-state index is -0.575. The second kappa shape index (κ2) is 4.56. The zero-order valence-electron chi connectivity index (χ0n) is 10.2. The van der Waals surface area contributed by atoms with Gasteiger partial charge in [0.25, 0.3) is 0 Å². The molecule has 0 saturated heterocycles. The molecule has 88 valence electrons. The summed E-state index contributed by atoms with van der Waals surface area (Å²) in [5.74, 6) is 0. The first-order valence-electron chi connectivity index (χ1n) is 6.13. The summed E-state index contributed by atoms with van der Waals surface area (Å²) >= 11 is 0. The maximum atomic E-state index is 9.94. The Balaban J connectivity index is 1.88. The summed E-state index contributed by atoms with van der Waals surface area (Å²) in [6.07, 6.45) is 2.98. The van der Waals surface area contributed by atoms with E-state index in [4.69, 9.17) is 0 Å². The van der Waals surface area contributed by atoms with Gasteiger partial charge in [-0.3, -0.25) is 0 Å². The summed E-state index contributed by atoms with van der Waals surface area (Å²) < 4.78 is 0. The van der Waals surface area contributed by atoms with Gasteiger partial charge >= 0.3 is 0 Å². The Kier molecular flexibility index (Phi) is 3.31. The van der Waals surface area contributed by atoms with Crippen LogP contribution in [0.2, 0.25) is 0 Å². The average Bonchev–Trinajstić information content (AvgIpc) is 2.69. The van der Waals surface area contributed by atoms with Gasteiger partial charge in [-0.2, -0.15) is 0 Å². The molecule has 0 radical (unpaired) electrons. The lowest BCUT2D eigenvalue weighted by atomic mass is 10.0. The Morgan fingerprint density at radius 1 is 1.31 bits per heavy atom. The van der Waals surface area contributed by atoms with Crippen molar-refractivity contribution in [2.24, 2.45) is 0 Å². The summed E-state index contributed by atoms with van der Waals surface area (Å²) in [5, 5.41) is 13.4. The van der Waals surface area contributed by atoms with Gasteiger partial charge in [-0.1, -0.05) is 31.2 Å². The van der Waals surface area contributed by atoms with Gasteiger partial charge in [0.2, 0.25) is 0 Å². The Morgan fingerprint density at radius 2 is 1.88 bits per heavy atom. The van der Waals surface area contributed by atoms with E-state index in [1.54, 1.807) is 0 Å². The van der Waals surface area contributed by atoms with Crippen LogP contribution in [-0.4, -0.2) is 23.3 Å². The second-order valence-corrected chi connectivity index (χ2v) is 5.11. The maximum Gasteiger partial charge on any atom is 0.0741 e. The third kappa shape index (κ3) is 2.63. The topological polar surface area (TPSA) is 32.3 Å². The second-order valence-electron chi connectivity index (χ2n) is 5.11. The van der Waals surface area contributed by atoms with Crippen molar-refractivity contribution in [2.75, 3.05) is 6.54 Å². The van der Waals surface area contributed by atoms with E-state index in [1.807, 2.05) is 13.8 Å². The molecule has 0 heterocycles. The number of hydrogen-bond acceptors (Lipinski definition) is 2. The van der Waals surface area contributed by atoms with Crippen molar-refractivity contribution in [3.63, 3.8) is 0 Å². The van der Waals surface area contributed by atoms with Crippen LogP contribution in [0.3, 0.4) is 0 Å². The molecule has 0 amide bonds. The van der Waals surface area contributed by atoms with E-state index in [0.717, 1.165) is 19.3 Å². The molecule has 1 aliphatic rings. The molecule has 2 N–H and O–H groups in total. The smallest absolute Gasteiger partial charge is 0.0741 e. The van der Waals surface area contributed by atoms with Crippen molar-refractivity contribution in [3.05, 3.63) is 35.4 Å². The number of fused-ring (bicyclic) bond motifs is 1. The SMILES string of the molecule is CCC(C)(O)CNC1Cc2ccccc2C1. The quantitative estimate of drug-likeness (QED) is 0.810. The van der Waals surface area contributed by atoms with Crippen LogP contribution in [0.5, 0.6) is 0 Å². The van der Waals surface area contributed by atoms with Crippen LogP contribution < -0.4 is 5.32 Å². The van der Waals surface area contributed by atoms with Crippen LogP contribution in [0, 0.1) is 0 Å². The van der Waals surface area contributed by atoms with Crippen molar-refractivity contribution < 1.29 is 5.11 Å². The molecular formula is C14H21NO. The highest BCUT2D eigenvalue weighted by Crippen LogP contribution is 2.22. The van der Waals surface area contributed by atoms with E-state index in [0.29, 0.717) is 12.6 Å². The van der Waals surface area contributed by atoms with Gasteiger partial charge in [0.15, 0.2) is 0 Å². The Labute approximate surface area is 97.7 Å². The summed E-state index contributed by atoms with van der Waals surface area (Å²) in [4.78, 5) is 0. The molecule has 2 nitrogen and oxygen atoms in total. The summed E-state index contributed by atoms with van der Waals surface area (Å²) in [6, 6.07) is 9.10. The fourth-order valence-electron chi connectivity index (χ4n) is 2.19. The standard InChI is InChI=1S/C14H21NO/c1-3-14(2,16)10-15-13-8-11-6-4-5-7-12(11)9-13/h4-7,13,15-16H,3,8-10H2,1-2H3. The highest BCUT2D eigenvalue weighted by atomic mass is 16.3. The molecule has 1 unspecified atom stereocenters.